The maximum atomic E-state index is 14.5. The first-order valence-electron chi connectivity index (χ1n) is 7.45. The van der Waals surface area contributed by atoms with Gasteiger partial charge < -0.3 is 14.3 Å². The van der Waals surface area contributed by atoms with E-state index in [2.05, 4.69) is 5.16 Å². The highest BCUT2D eigenvalue weighted by Gasteiger charge is 2.23. The molecule has 1 aromatic rings. The second kappa shape index (κ2) is 7.76. The van der Waals surface area contributed by atoms with Crippen molar-refractivity contribution in [2.24, 2.45) is 5.16 Å². The Hall–Kier alpha value is -2.37. The van der Waals surface area contributed by atoms with Gasteiger partial charge in [0.1, 0.15) is 18.0 Å². The molecule has 1 aliphatic carbocycles. The van der Waals surface area contributed by atoms with E-state index in [1.807, 2.05) is 6.92 Å². The lowest BCUT2D eigenvalue weighted by molar-refractivity contribution is -0.133. The van der Waals surface area contributed by atoms with Gasteiger partial charge in [-0.1, -0.05) is 5.16 Å². The monoisotopic (exact) mass is 321 g/mol. The molecule has 0 atom stereocenters. The van der Waals surface area contributed by atoms with E-state index in [9.17, 15) is 9.18 Å². The third kappa shape index (κ3) is 3.70. The number of methoxy groups -OCH3 is 2. The lowest BCUT2D eigenvalue weighted by atomic mass is 9.87. The van der Waals surface area contributed by atoms with Crippen LogP contribution in [-0.2, 0) is 25.5 Å². The summed E-state index contributed by atoms with van der Waals surface area (Å²) in [6.07, 6.45) is 3.58. The molecule has 0 aliphatic heterocycles. The van der Waals surface area contributed by atoms with Crippen molar-refractivity contribution in [2.75, 3.05) is 20.8 Å². The average molecular weight is 321 g/mol. The molecule has 6 heteroatoms. The summed E-state index contributed by atoms with van der Waals surface area (Å²) >= 11 is 0. The Morgan fingerprint density at radius 3 is 2.78 bits per heavy atom. The van der Waals surface area contributed by atoms with E-state index < -0.39 is 11.8 Å². The van der Waals surface area contributed by atoms with Crippen molar-refractivity contribution in [1.29, 1.82) is 0 Å². The van der Waals surface area contributed by atoms with Crippen LogP contribution in [0, 0.1) is 5.82 Å². The molecule has 0 bridgehead atoms. The van der Waals surface area contributed by atoms with Crippen molar-refractivity contribution < 1.29 is 23.5 Å². The van der Waals surface area contributed by atoms with Crippen LogP contribution in [0.3, 0.4) is 0 Å². The maximum absolute atomic E-state index is 14.5. The predicted molar refractivity (Wildman–Crippen MR) is 84.5 cm³/mol. The number of carbonyl (C=O) groups is 1. The lowest BCUT2D eigenvalue weighted by Gasteiger charge is -2.19. The van der Waals surface area contributed by atoms with Crippen molar-refractivity contribution in [2.45, 2.75) is 26.2 Å². The van der Waals surface area contributed by atoms with Gasteiger partial charge in [-0.2, -0.15) is 0 Å². The largest absolute Gasteiger partial charge is 0.503 e. The van der Waals surface area contributed by atoms with Gasteiger partial charge in [-0.25, -0.2) is 9.18 Å². The Morgan fingerprint density at radius 1 is 1.35 bits per heavy atom. The number of ether oxygens (including phenoxy) is 2. The molecule has 0 saturated heterocycles. The standard InChI is InChI=1S/C17H20FNO4/c1-4-23-19-16-7-5-6-11-8-15(18)13(9-12(11)16)14(10-21-2)17(20)22-3/h8-10H,4-7H2,1-3H3/b14-10+,19-16+. The summed E-state index contributed by atoms with van der Waals surface area (Å²) in [6.45, 7) is 2.31. The van der Waals surface area contributed by atoms with Crippen molar-refractivity contribution >= 4 is 17.3 Å². The number of nitrogens with zero attached hydrogens (tertiary/aromatic N) is 1. The molecule has 0 amide bonds. The summed E-state index contributed by atoms with van der Waals surface area (Å²) < 4.78 is 24.0. The van der Waals surface area contributed by atoms with E-state index in [0.29, 0.717) is 6.61 Å². The summed E-state index contributed by atoms with van der Waals surface area (Å²) in [4.78, 5) is 17.0. The van der Waals surface area contributed by atoms with E-state index in [0.717, 1.165) is 36.1 Å². The zero-order chi connectivity index (χ0) is 16.8. The number of esters is 1. The minimum Gasteiger partial charge on any atom is -0.503 e. The quantitative estimate of drug-likeness (QED) is 0.362. The zero-order valence-electron chi connectivity index (χ0n) is 13.5. The van der Waals surface area contributed by atoms with Crippen molar-refractivity contribution in [3.63, 3.8) is 0 Å². The number of fused-ring (bicyclic) bond motifs is 1. The first-order chi connectivity index (χ1) is 11.1. The van der Waals surface area contributed by atoms with Crippen LogP contribution in [-0.4, -0.2) is 32.5 Å². The molecule has 23 heavy (non-hydrogen) atoms. The smallest absolute Gasteiger partial charge is 0.341 e. The zero-order valence-corrected chi connectivity index (χ0v) is 13.5. The second-order valence-corrected chi connectivity index (χ2v) is 5.06. The van der Waals surface area contributed by atoms with E-state index in [4.69, 9.17) is 14.3 Å². The molecular weight excluding hydrogens is 301 g/mol. The van der Waals surface area contributed by atoms with Crippen LogP contribution in [0.5, 0.6) is 0 Å². The number of hydrogen-bond acceptors (Lipinski definition) is 5. The molecule has 0 heterocycles. The van der Waals surface area contributed by atoms with Gasteiger partial charge in [0.25, 0.3) is 0 Å². The minimum atomic E-state index is -0.662. The summed E-state index contributed by atoms with van der Waals surface area (Å²) in [5.74, 6) is -1.15. The molecule has 124 valence electrons. The molecule has 0 radical (unpaired) electrons. The Labute approximate surface area is 134 Å². The van der Waals surface area contributed by atoms with E-state index in [-0.39, 0.29) is 11.1 Å². The molecule has 0 unspecified atom stereocenters. The second-order valence-electron chi connectivity index (χ2n) is 5.06. The van der Waals surface area contributed by atoms with Gasteiger partial charge in [0.2, 0.25) is 0 Å². The van der Waals surface area contributed by atoms with Gasteiger partial charge in [-0.3, -0.25) is 0 Å². The van der Waals surface area contributed by atoms with Crippen LogP contribution in [0.4, 0.5) is 4.39 Å². The normalized spacial score (nSPS) is 16.0. The van der Waals surface area contributed by atoms with Crippen LogP contribution in [0.1, 0.15) is 36.5 Å². The van der Waals surface area contributed by atoms with E-state index >= 15 is 0 Å². The fourth-order valence-corrected chi connectivity index (χ4v) is 2.56. The highest BCUT2D eigenvalue weighted by atomic mass is 19.1. The Balaban J connectivity index is 2.54. The van der Waals surface area contributed by atoms with Gasteiger partial charge in [-0.05, 0) is 43.9 Å². The van der Waals surface area contributed by atoms with Crippen LogP contribution in [0.2, 0.25) is 0 Å². The summed E-state index contributed by atoms with van der Waals surface area (Å²) in [5, 5.41) is 4.11. The SMILES string of the molecule is CCO/N=C1\CCCc2cc(F)c(/C(=C\OC)C(=O)OC)cc21. The molecular formula is C17H20FNO4. The summed E-state index contributed by atoms with van der Waals surface area (Å²) in [7, 11) is 2.63. The van der Waals surface area contributed by atoms with Crippen LogP contribution in [0.15, 0.2) is 23.6 Å². The Morgan fingerprint density at radius 2 is 2.13 bits per heavy atom. The molecule has 0 saturated carbocycles. The number of rotatable bonds is 5. The molecule has 1 aromatic carbocycles. The molecule has 0 aromatic heterocycles. The van der Waals surface area contributed by atoms with Crippen molar-refractivity contribution in [3.8, 4) is 0 Å². The van der Waals surface area contributed by atoms with Gasteiger partial charge in [0.05, 0.1) is 26.2 Å². The number of carbonyl (C=O) groups excluding carboxylic acids is 1. The molecule has 2 rings (SSSR count). The number of hydrogen-bond donors (Lipinski definition) is 0. The first kappa shape index (κ1) is 17.0. The summed E-state index contributed by atoms with van der Waals surface area (Å²) in [5.41, 5.74) is 2.57. The predicted octanol–water partition coefficient (Wildman–Crippen LogP) is 3.06. The first-order valence-corrected chi connectivity index (χ1v) is 7.45. The number of oxime groups is 1. The van der Waals surface area contributed by atoms with Crippen molar-refractivity contribution in [1.82, 2.24) is 0 Å². The number of halogens is 1. The third-order valence-corrected chi connectivity index (χ3v) is 3.60. The van der Waals surface area contributed by atoms with Gasteiger partial charge in [-0.15, -0.1) is 0 Å². The topological polar surface area (TPSA) is 57.1 Å². The van der Waals surface area contributed by atoms with Crippen LogP contribution >= 0.6 is 0 Å². The number of benzene rings is 1. The number of aryl methyl sites for hydroxylation is 1. The lowest BCUT2D eigenvalue weighted by Crippen LogP contribution is -2.15. The Bertz CT molecular complexity index is 652. The highest BCUT2D eigenvalue weighted by Crippen LogP contribution is 2.29. The van der Waals surface area contributed by atoms with E-state index in [1.54, 1.807) is 6.07 Å². The molecule has 0 N–H and O–H groups in total. The third-order valence-electron chi connectivity index (χ3n) is 3.60. The molecule has 0 spiro atoms. The summed E-state index contributed by atoms with van der Waals surface area (Å²) in [6, 6.07) is 3.06. The van der Waals surface area contributed by atoms with E-state index in [1.165, 1.54) is 26.5 Å². The Kier molecular flexibility index (Phi) is 5.73. The molecule has 0 fully saturated rings. The fraction of sp³-hybridized carbons (Fsp3) is 0.412. The highest BCUT2D eigenvalue weighted by molar-refractivity contribution is 6.17. The fourth-order valence-electron chi connectivity index (χ4n) is 2.56. The van der Waals surface area contributed by atoms with Crippen molar-refractivity contribution in [3.05, 3.63) is 40.9 Å². The van der Waals surface area contributed by atoms with Crippen LogP contribution in [0.25, 0.3) is 5.57 Å². The van der Waals surface area contributed by atoms with Gasteiger partial charge in [0, 0.05) is 11.1 Å². The van der Waals surface area contributed by atoms with Gasteiger partial charge >= 0.3 is 5.97 Å². The molecule has 5 nitrogen and oxygen atoms in total. The maximum Gasteiger partial charge on any atom is 0.341 e. The van der Waals surface area contributed by atoms with Gasteiger partial charge in [0.15, 0.2) is 0 Å². The molecule has 1 aliphatic rings. The average Bonchev–Trinajstić information content (AvgIpc) is 2.56. The minimum absolute atomic E-state index is 0.0247. The van der Waals surface area contributed by atoms with Crippen LogP contribution < -0.4 is 0 Å².